The lowest BCUT2D eigenvalue weighted by Gasteiger charge is -2.46. The number of hydrogen-bond acceptors (Lipinski definition) is 3. The smallest absolute Gasteiger partial charge is 0.0234 e. The van der Waals surface area contributed by atoms with Crippen molar-refractivity contribution >= 4 is 11.8 Å². The second-order valence-corrected chi connectivity index (χ2v) is 7.94. The van der Waals surface area contributed by atoms with Gasteiger partial charge in [-0.05, 0) is 87.8 Å². The number of nitrogens with zero attached hydrogens (tertiary/aromatic N) is 2. The Balaban J connectivity index is 0.00000100. The first-order valence-electron chi connectivity index (χ1n) is 9.81. The van der Waals surface area contributed by atoms with E-state index in [1.54, 1.807) is 0 Å². The maximum atomic E-state index is 2.66. The zero-order valence-corrected chi connectivity index (χ0v) is 17.0. The maximum Gasteiger partial charge on any atom is 0.0234 e. The molecule has 0 aliphatic carbocycles. The van der Waals surface area contributed by atoms with Gasteiger partial charge < -0.3 is 4.90 Å². The van der Waals surface area contributed by atoms with Crippen LogP contribution in [0.15, 0.2) is 29.2 Å². The summed E-state index contributed by atoms with van der Waals surface area (Å²) in [4.78, 5) is 6.67. The molecule has 2 nitrogen and oxygen atoms in total. The largest absolute Gasteiger partial charge is 0.304 e. The van der Waals surface area contributed by atoms with Gasteiger partial charge in [-0.1, -0.05) is 32.9 Å². The fourth-order valence-corrected chi connectivity index (χ4v) is 4.54. The van der Waals surface area contributed by atoms with Crippen molar-refractivity contribution in [2.45, 2.75) is 57.9 Å². The molecule has 0 amide bonds. The van der Waals surface area contributed by atoms with Gasteiger partial charge in [-0.25, -0.2) is 0 Å². The number of benzene rings is 1. The minimum absolute atomic E-state index is 0.670. The average molecular weight is 349 g/mol. The van der Waals surface area contributed by atoms with Crippen LogP contribution in [0.25, 0.3) is 0 Å². The first-order valence-corrected chi connectivity index (χ1v) is 11.0. The topological polar surface area (TPSA) is 6.48 Å². The van der Waals surface area contributed by atoms with Gasteiger partial charge in [-0.3, -0.25) is 4.90 Å². The molecule has 0 bridgehead atoms. The van der Waals surface area contributed by atoms with Crippen molar-refractivity contribution in [1.29, 1.82) is 0 Å². The predicted octanol–water partition coefficient (Wildman–Crippen LogP) is 5.13. The van der Waals surface area contributed by atoms with E-state index in [-0.39, 0.29) is 0 Å². The Morgan fingerprint density at radius 1 is 0.958 bits per heavy atom. The fourth-order valence-electron chi connectivity index (χ4n) is 4.06. The molecular formula is C21H36N2S. The van der Waals surface area contributed by atoms with Crippen LogP contribution in [0.1, 0.15) is 52.0 Å². The Morgan fingerprint density at radius 2 is 1.54 bits per heavy atom. The van der Waals surface area contributed by atoms with Crippen LogP contribution in [-0.2, 0) is 6.54 Å². The molecule has 3 heteroatoms. The monoisotopic (exact) mass is 348 g/mol. The molecule has 0 N–H and O–H groups in total. The molecular weight excluding hydrogens is 312 g/mol. The lowest BCUT2D eigenvalue weighted by atomic mass is 9.71. The van der Waals surface area contributed by atoms with Crippen LogP contribution < -0.4 is 0 Å². The number of rotatable bonds is 4. The lowest BCUT2D eigenvalue weighted by Crippen LogP contribution is -2.46. The second kappa shape index (κ2) is 9.84. The molecule has 1 spiro atoms. The van der Waals surface area contributed by atoms with E-state index < -0.39 is 0 Å². The molecule has 1 aromatic carbocycles. The van der Waals surface area contributed by atoms with E-state index in [2.05, 4.69) is 47.2 Å². The molecule has 24 heavy (non-hydrogen) atoms. The predicted molar refractivity (Wildman–Crippen MR) is 108 cm³/mol. The highest BCUT2D eigenvalue weighted by Crippen LogP contribution is 2.41. The number of likely N-dealkylation sites (tertiary alicyclic amines) is 2. The Hall–Kier alpha value is -0.510. The first-order chi connectivity index (χ1) is 11.7. The van der Waals surface area contributed by atoms with E-state index in [1.165, 1.54) is 68.9 Å². The van der Waals surface area contributed by atoms with Crippen molar-refractivity contribution in [3.8, 4) is 0 Å². The molecule has 2 fully saturated rings. The van der Waals surface area contributed by atoms with Gasteiger partial charge in [0.05, 0.1) is 0 Å². The highest BCUT2D eigenvalue weighted by molar-refractivity contribution is 7.98. The molecule has 0 atom stereocenters. The van der Waals surface area contributed by atoms with E-state index in [1.807, 2.05) is 25.6 Å². The summed E-state index contributed by atoms with van der Waals surface area (Å²) in [7, 11) is 0. The van der Waals surface area contributed by atoms with Crippen molar-refractivity contribution in [2.75, 3.05) is 39.0 Å². The highest BCUT2D eigenvalue weighted by atomic mass is 32.2. The third-order valence-electron chi connectivity index (χ3n) is 5.82. The van der Waals surface area contributed by atoms with Crippen LogP contribution in [-0.4, -0.2) is 48.8 Å². The van der Waals surface area contributed by atoms with Gasteiger partial charge in [0.15, 0.2) is 0 Å². The van der Waals surface area contributed by atoms with Crippen molar-refractivity contribution in [2.24, 2.45) is 5.41 Å². The summed E-state index contributed by atoms with van der Waals surface area (Å²) >= 11 is 1.84. The van der Waals surface area contributed by atoms with Gasteiger partial charge >= 0.3 is 0 Å². The fraction of sp³-hybridized carbons (Fsp3) is 0.714. The molecule has 2 heterocycles. The maximum absolute atomic E-state index is 2.66. The Morgan fingerprint density at radius 3 is 2.08 bits per heavy atom. The molecule has 0 radical (unpaired) electrons. The zero-order chi connectivity index (χ0) is 17.4. The molecule has 3 rings (SSSR count). The molecule has 136 valence electrons. The van der Waals surface area contributed by atoms with Crippen LogP contribution in [0, 0.1) is 5.41 Å². The SMILES string of the molecule is CC.CCN1CCC2(CC1)CCN(Cc1cccc(SC)c1)CC2. The quantitative estimate of drug-likeness (QED) is 0.696. The summed E-state index contributed by atoms with van der Waals surface area (Å²) < 4.78 is 0. The number of piperidine rings is 2. The van der Waals surface area contributed by atoms with Gasteiger partial charge in [0.2, 0.25) is 0 Å². The molecule has 2 aliphatic heterocycles. The molecule has 2 aliphatic rings. The van der Waals surface area contributed by atoms with Gasteiger partial charge in [-0.2, -0.15) is 0 Å². The third kappa shape index (κ3) is 5.24. The molecule has 2 saturated heterocycles. The lowest BCUT2D eigenvalue weighted by molar-refractivity contribution is 0.0340. The number of hydrogen-bond donors (Lipinski definition) is 0. The van der Waals surface area contributed by atoms with Gasteiger partial charge in [0, 0.05) is 11.4 Å². The summed E-state index contributed by atoms with van der Waals surface area (Å²) in [6, 6.07) is 9.05. The van der Waals surface area contributed by atoms with Crippen LogP contribution in [0.2, 0.25) is 0 Å². The van der Waals surface area contributed by atoms with Gasteiger partial charge in [-0.15, -0.1) is 11.8 Å². The zero-order valence-electron chi connectivity index (χ0n) is 16.2. The molecule has 0 aromatic heterocycles. The summed E-state index contributed by atoms with van der Waals surface area (Å²) in [6.45, 7) is 13.9. The number of thioether (sulfide) groups is 1. The van der Waals surface area contributed by atoms with Crippen molar-refractivity contribution in [1.82, 2.24) is 9.80 Å². The highest BCUT2D eigenvalue weighted by Gasteiger charge is 2.36. The van der Waals surface area contributed by atoms with Crippen molar-refractivity contribution in [3.05, 3.63) is 29.8 Å². The van der Waals surface area contributed by atoms with Gasteiger partial charge in [0.1, 0.15) is 0 Å². The average Bonchev–Trinajstić information content (AvgIpc) is 2.66. The van der Waals surface area contributed by atoms with Gasteiger partial charge in [0.25, 0.3) is 0 Å². The summed E-state index contributed by atoms with van der Waals surface area (Å²) in [5.74, 6) is 0. The Labute approximate surface area is 154 Å². The van der Waals surface area contributed by atoms with Crippen LogP contribution in [0.3, 0.4) is 0 Å². The summed E-state index contributed by atoms with van der Waals surface area (Å²) in [5, 5.41) is 0. The van der Waals surface area contributed by atoms with Crippen LogP contribution >= 0.6 is 11.8 Å². The standard InChI is InChI=1S/C19H30N2S.C2H6/c1-3-20-11-7-19(8-12-20)9-13-21(14-10-19)16-17-5-4-6-18(15-17)22-2;1-2/h4-6,15H,3,7-14,16H2,1-2H3;1-2H3. The van der Waals surface area contributed by atoms with E-state index in [9.17, 15) is 0 Å². The first kappa shape index (κ1) is 19.8. The minimum atomic E-state index is 0.670. The normalized spacial score (nSPS) is 21.3. The van der Waals surface area contributed by atoms with Crippen molar-refractivity contribution in [3.63, 3.8) is 0 Å². The van der Waals surface area contributed by atoms with E-state index in [0.29, 0.717) is 5.41 Å². The Bertz CT molecular complexity index is 470. The summed E-state index contributed by atoms with van der Waals surface area (Å²) in [5.41, 5.74) is 2.15. The second-order valence-electron chi connectivity index (χ2n) is 7.06. The van der Waals surface area contributed by atoms with E-state index in [4.69, 9.17) is 0 Å². The minimum Gasteiger partial charge on any atom is -0.304 e. The summed E-state index contributed by atoms with van der Waals surface area (Å²) in [6.07, 6.45) is 7.83. The third-order valence-corrected chi connectivity index (χ3v) is 6.55. The molecule has 0 saturated carbocycles. The van der Waals surface area contributed by atoms with E-state index >= 15 is 0 Å². The Kier molecular flexibility index (Phi) is 8.12. The van der Waals surface area contributed by atoms with Crippen LogP contribution in [0.4, 0.5) is 0 Å². The molecule has 0 unspecified atom stereocenters. The van der Waals surface area contributed by atoms with Crippen LogP contribution in [0.5, 0.6) is 0 Å². The van der Waals surface area contributed by atoms with Crippen molar-refractivity contribution < 1.29 is 0 Å². The molecule has 1 aromatic rings. The van der Waals surface area contributed by atoms with E-state index in [0.717, 1.165) is 6.54 Å².